The number of anilines is 3. The first kappa shape index (κ1) is 18.5. The number of carbonyl (C=O) groups excluding carboxylic acids is 1. The van der Waals surface area contributed by atoms with E-state index in [1.54, 1.807) is 6.07 Å². The number of hydrogen-bond donors (Lipinski definition) is 2. The molecule has 1 unspecified atom stereocenters. The van der Waals surface area contributed by atoms with Crippen LogP contribution in [0.1, 0.15) is 16.9 Å². The third-order valence-electron chi connectivity index (χ3n) is 4.46. The van der Waals surface area contributed by atoms with Crippen LogP contribution in [0, 0.1) is 11.6 Å². The van der Waals surface area contributed by atoms with Crippen LogP contribution in [0.5, 0.6) is 0 Å². The number of pyridine rings is 2. The highest BCUT2D eigenvalue weighted by atomic mass is 19.1. The van der Waals surface area contributed by atoms with Crippen molar-refractivity contribution < 1.29 is 23.5 Å². The molecule has 2 aliphatic rings. The van der Waals surface area contributed by atoms with Crippen LogP contribution < -0.4 is 15.1 Å². The van der Waals surface area contributed by atoms with E-state index in [1.165, 1.54) is 0 Å². The number of nitrogens with zero attached hydrogens (tertiary/aromatic N) is 4. The van der Waals surface area contributed by atoms with Gasteiger partial charge < -0.3 is 20.2 Å². The number of hydrogen-bond acceptors (Lipinski definition) is 6. The first-order valence-corrected chi connectivity index (χ1v) is 8.14. The lowest BCUT2D eigenvalue weighted by atomic mass is 10.2. The maximum absolute atomic E-state index is 12.5. The van der Waals surface area contributed by atoms with Crippen molar-refractivity contribution in [3.63, 3.8) is 0 Å². The first-order valence-electron chi connectivity index (χ1n) is 8.14. The Hall–Kier alpha value is -3.30. The Balaban J connectivity index is 0.000000168. The van der Waals surface area contributed by atoms with Gasteiger partial charge in [-0.2, -0.15) is 0 Å². The summed E-state index contributed by atoms with van der Waals surface area (Å²) >= 11 is 0. The molecule has 2 N–H and O–H groups in total. The fourth-order valence-electron chi connectivity index (χ4n) is 3.09. The van der Waals surface area contributed by atoms with E-state index in [-0.39, 0.29) is 17.9 Å². The van der Waals surface area contributed by atoms with E-state index in [0.717, 1.165) is 37.2 Å². The summed E-state index contributed by atoms with van der Waals surface area (Å²) < 4.78 is 24.7. The molecule has 27 heavy (non-hydrogen) atoms. The summed E-state index contributed by atoms with van der Waals surface area (Å²) in [6.45, 7) is 2.06. The van der Waals surface area contributed by atoms with Gasteiger partial charge in [0.2, 0.25) is 6.41 Å². The van der Waals surface area contributed by atoms with E-state index in [9.17, 15) is 18.4 Å². The van der Waals surface area contributed by atoms with E-state index in [1.807, 2.05) is 18.4 Å². The highest BCUT2D eigenvalue weighted by Crippen LogP contribution is 2.37. The standard InChI is InChI=1S/C11H13N3O2.C6H4F2N2O/c1-13-7-4-5-14(6-7)9-3-2-8(11(15)16)12-10(9)13;7-4-1-5(8)6(9-2-4)10-3-11/h2-3,7H,4-6H2,1H3,(H,15,16);1-3H,(H,9,10,11). The van der Waals surface area contributed by atoms with Crippen molar-refractivity contribution in [3.05, 3.63) is 41.7 Å². The fourth-order valence-corrected chi connectivity index (χ4v) is 3.09. The summed E-state index contributed by atoms with van der Waals surface area (Å²) in [5.41, 5.74) is 1.18. The molecular weight excluding hydrogens is 360 g/mol. The van der Waals surface area contributed by atoms with Crippen LogP contribution in [0.15, 0.2) is 24.4 Å². The fraction of sp³-hybridized carbons (Fsp3) is 0.294. The highest BCUT2D eigenvalue weighted by molar-refractivity contribution is 5.87. The lowest BCUT2D eigenvalue weighted by Crippen LogP contribution is -2.40. The number of likely N-dealkylation sites (N-methyl/N-ethyl adjacent to an activating group) is 1. The van der Waals surface area contributed by atoms with Crippen LogP contribution in [-0.2, 0) is 4.79 Å². The number of amides is 1. The highest BCUT2D eigenvalue weighted by Gasteiger charge is 2.35. The predicted molar refractivity (Wildman–Crippen MR) is 94.1 cm³/mol. The molecule has 1 fully saturated rings. The van der Waals surface area contributed by atoms with Gasteiger partial charge in [0.25, 0.3) is 0 Å². The number of halogens is 2. The Morgan fingerprint density at radius 1 is 1.41 bits per heavy atom. The lowest BCUT2D eigenvalue weighted by Gasteiger charge is -2.34. The van der Waals surface area contributed by atoms with Crippen molar-refractivity contribution in [1.82, 2.24) is 9.97 Å². The van der Waals surface area contributed by atoms with E-state index in [2.05, 4.69) is 19.8 Å². The number of aromatic nitrogens is 2. The van der Waals surface area contributed by atoms with Gasteiger partial charge in [-0.15, -0.1) is 0 Å². The average Bonchev–Trinajstić information content (AvgIpc) is 3.09. The molecule has 2 aromatic rings. The van der Waals surface area contributed by atoms with Gasteiger partial charge in [-0.25, -0.2) is 23.5 Å². The number of carbonyl (C=O) groups is 2. The molecule has 0 radical (unpaired) electrons. The zero-order chi connectivity index (χ0) is 19.6. The van der Waals surface area contributed by atoms with Crippen molar-refractivity contribution >= 4 is 29.7 Å². The van der Waals surface area contributed by atoms with E-state index in [0.29, 0.717) is 12.1 Å². The largest absolute Gasteiger partial charge is 0.477 e. The van der Waals surface area contributed by atoms with Crippen molar-refractivity contribution in [1.29, 1.82) is 0 Å². The van der Waals surface area contributed by atoms with Gasteiger partial charge >= 0.3 is 5.97 Å². The van der Waals surface area contributed by atoms with Gasteiger partial charge in [-0.3, -0.25) is 4.79 Å². The second-order valence-electron chi connectivity index (χ2n) is 6.09. The number of fused-ring (bicyclic) bond motifs is 4. The first-order chi connectivity index (χ1) is 12.9. The van der Waals surface area contributed by atoms with E-state index in [4.69, 9.17) is 5.11 Å². The maximum atomic E-state index is 12.5. The minimum atomic E-state index is -0.968. The lowest BCUT2D eigenvalue weighted by molar-refractivity contribution is -0.105. The van der Waals surface area contributed by atoms with Gasteiger partial charge in [0, 0.05) is 32.2 Å². The number of aromatic carboxylic acids is 1. The van der Waals surface area contributed by atoms with Gasteiger partial charge in [0.15, 0.2) is 23.1 Å². The molecule has 142 valence electrons. The van der Waals surface area contributed by atoms with Crippen LogP contribution in [0.2, 0.25) is 0 Å². The van der Waals surface area contributed by atoms with E-state index >= 15 is 0 Å². The molecule has 1 saturated heterocycles. The third-order valence-corrected chi connectivity index (χ3v) is 4.46. The Kier molecular flexibility index (Phi) is 5.15. The van der Waals surface area contributed by atoms with Crippen molar-refractivity contribution in [2.45, 2.75) is 12.5 Å². The molecule has 0 aliphatic carbocycles. The zero-order valence-electron chi connectivity index (χ0n) is 14.4. The van der Waals surface area contributed by atoms with E-state index < -0.39 is 17.6 Å². The summed E-state index contributed by atoms with van der Waals surface area (Å²) in [4.78, 5) is 32.6. The topological polar surface area (TPSA) is 98.7 Å². The number of nitrogens with one attached hydrogen (secondary N) is 1. The SMILES string of the molecule is CN1c2nc(C(=O)O)ccc2N2CCC1C2.O=CNc1ncc(F)cc1F. The van der Waals surface area contributed by atoms with Gasteiger partial charge in [0.05, 0.1) is 11.9 Å². The molecule has 0 aromatic carbocycles. The average molecular weight is 377 g/mol. The normalized spacial score (nSPS) is 16.9. The Bertz CT molecular complexity index is 880. The molecule has 2 aliphatic heterocycles. The predicted octanol–water partition coefficient (Wildman–Crippen LogP) is 1.74. The summed E-state index contributed by atoms with van der Waals surface area (Å²) in [6, 6.07) is 4.56. The van der Waals surface area contributed by atoms with Crippen LogP contribution in [0.3, 0.4) is 0 Å². The molecule has 10 heteroatoms. The second-order valence-corrected chi connectivity index (χ2v) is 6.09. The summed E-state index contributed by atoms with van der Waals surface area (Å²) in [7, 11) is 1.99. The van der Waals surface area contributed by atoms with Crippen LogP contribution in [0.4, 0.5) is 26.1 Å². The summed E-state index contributed by atoms with van der Waals surface area (Å²) in [5.74, 6) is -2.12. The van der Waals surface area contributed by atoms with Crippen molar-refractivity contribution in [2.24, 2.45) is 0 Å². The second kappa shape index (κ2) is 7.52. The number of rotatable bonds is 3. The Morgan fingerprint density at radius 2 is 2.19 bits per heavy atom. The zero-order valence-corrected chi connectivity index (χ0v) is 14.4. The molecule has 4 rings (SSSR count). The smallest absolute Gasteiger partial charge is 0.354 e. The molecule has 8 nitrogen and oxygen atoms in total. The minimum Gasteiger partial charge on any atom is -0.477 e. The Labute approximate surface area is 153 Å². The molecule has 0 spiro atoms. The van der Waals surface area contributed by atoms with Crippen LogP contribution >= 0.6 is 0 Å². The number of carboxylic acid groups (broad SMARTS) is 1. The number of carboxylic acids is 1. The van der Waals surface area contributed by atoms with Crippen LogP contribution in [0.25, 0.3) is 0 Å². The van der Waals surface area contributed by atoms with Crippen molar-refractivity contribution in [2.75, 3.05) is 35.3 Å². The van der Waals surface area contributed by atoms with Gasteiger partial charge in [-0.05, 0) is 18.6 Å². The molecule has 0 saturated carbocycles. The monoisotopic (exact) mass is 377 g/mol. The molecular formula is C17H17F2N5O3. The summed E-state index contributed by atoms with van der Waals surface area (Å²) in [5, 5.41) is 10.9. The minimum absolute atomic E-state index is 0.119. The van der Waals surface area contributed by atoms with Crippen LogP contribution in [-0.4, -0.2) is 53.6 Å². The van der Waals surface area contributed by atoms with Gasteiger partial charge in [-0.1, -0.05) is 0 Å². The maximum Gasteiger partial charge on any atom is 0.354 e. The van der Waals surface area contributed by atoms with Crippen molar-refractivity contribution in [3.8, 4) is 0 Å². The Morgan fingerprint density at radius 3 is 2.85 bits per heavy atom. The molecule has 1 amide bonds. The molecule has 4 heterocycles. The van der Waals surface area contributed by atoms with Gasteiger partial charge in [0.1, 0.15) is 5.82 Å². The summed E-state index contributed by atoms with van der Waals surface area (Å²) in [6.07, 6.45) is 2.20. The quantitative estimate of drug-likeness (QED) is 0.786. The molecule has 2 bridgehead atoms. The molecule has 1 atom stereocenters. The third kappa shape index (κ3) is 3.78. The molecule has 2 aromatic heterocycles.